The molecule has 2 aromatic rings. The lowest BCUT2D eigenvalue weighted by Crippen LogP contribution is -1.98. The van der Waals surface area contributed by atoms with E-state index in [1.165, 1.54) is 0 Å². The van der Waals surface area contributed by atoms with E-state index in [0.29, 0.717) is 10.0 Å². The number of anilines is 1. The summed E-state index contributed by atoms with van der Waals surface area (Å²) in [6, 6.07) is 7.36. The molecular weight excluding hydrogens is 257 g/mol. The Labute approximate surface area is 110 Å². The van der Waals surface area contributed by atoms with Crippen LogP contribution in [0.2, 0.25) is 10.0 Å². The van der Waals surface area contributed by atoms with E-state index in [4.69, 9.17) is 23.2 Å². The van der Waals surface area contributed by atoms with Gasteiger partial charge in [0.1, 0.15) is 0 Å². The minimum atomic E-state index is 0.515. The summed E-state index contributed by atoms with van der Waals surface area (Å²) in [5.74, 6) is 0.772. The predicted molar refractivity (Wildman–Crippen MR) is 71.8 cm³/mol. The number of hydrogen-bond donors (Lipinski definition) is 1. The standard InChI is InChI=1S/C12H11Cl2N3/c1-7-5-11(16-17-12(7)15-2)8-3-4-9(13)10(14)6-8/h3-6H,1-2H3,(H,15,17). The minimum Gasteiger partial charge on any atom is -0.371 e. The first kappa shape index (κ1) is 12.1. The predicted octanol–water partition coefficient (Wildman–Crippen LogP) is 3.80. The zero-order valence-corrected chi connectivity index (χ0v) is 11.0. The van der Waals surface area contributed by atoms with E-state index in [0.717, 1.165) is 22.6 Å². The molecule has 0 fully saturated rings. The van der Waals surface area contributed by atoms with Gasteiger partial charge in [-0.1, -0.05) is 29.3 Å². The summed E-state index contributed by atoms with van der Waals surface area (Å²) in [7, 11) is 1.82. The summed E-state index contributed by atoms with van der Waals surface area (Å²) in [5, 5.41) is 12.2. The summed E-state index contributed by atoms with van der Waals surface area (Å²) >= 11 is 11.8. The highest BCUT2D eigenvalue weighted by atomic mass is 35.5. The van der Waals surface area contributed by atoms with Gasteiger partial charge in [0.05, 0.1) is 15.7 Å². The Morgan fingerprint density at radius 2 is 1.82 bits per heavy atom. The first-order valence-corrected chi connectivity index (χ1v) is 5.85. The number of halogens is 2. The Hall–Kier alpha value is -1.32. The molecule has 0 radical (unpaired) electrons. The number of nitrogens with one attached hydrogen (secondary N) is 1. The van der Waals surface area contributed by atoms with Crippen LogP contribution < -0.4 is 5.32 Å². The molecule has 1 heterocycles. The fourth-order valence-corrected chi connectivity index (χ4v) is 1.83. The van der Waals surface area contributed by atoms with Crippen LogP contribution in [0.5, 0.6) is 0 Å². The minimum absolute atomic E-state index is 0.515. The molecule has 3 nitrogen and oxygen atoms in total. The third-order valence-corrected chi connectivity index (χ3v) is 3.18. The molecule has 0 saturated carbocycles. The second-order valence-electron chi connectivity index (χ2n) is 3.64. The second kappa shape index (κ2) is 4.90. The quantitative estimate of drug-likeness (QED) is 0.900. The van der Waals surface area contributed by atoms with Gasteiger partial charge in [-0.25, -0.2) is 0 Å². The smallest absolute Gasteiger partial charge is 0.151 e. The zero-order chi connectivity index (χ0) is 12.4. The lowest BCUT2D eigenvalue weighted by atomic mass is 10.1. The topological polar surface area (TPSA) is 37.8 Å². The first-order chi connectivity index (χ1) is 8.11. The first-order valence-electron chi connectivity index (χ1n) is 5.09. The monoisotopic (exact) mass is 267 g/mol. The average molecular weight is 268 g/mol. The SMILES string of the molecule is CNc1nnc(-c2ccc(Cl)c(Cl)c2)cc1C. The van der Waals surface area contributed by atoms with Gasteiger partial charge >= 0.3 is 0 Å². The molecule has 5 heteroatoms. The van der Waals surface area contributed by atoms with Crippen LogP contribution in [0.1, 0.15) is 5.56 Å². The molecule has 0 bridgehead atoms. The largest absolute Gasteiger partial charge is 0.371 e. The Morgan fingerprint density at radius 3 is 2.41 bits per heavy atom. The summed E-state index contributed by atoms with van der Waals surface area (Å²) < 4.78 is 0. The lowest BCUT2D eigenvalue weighted by molar-refractivity contribution is 1.02. The zero-order valence-electron chi connectivity index (χ0n) is 9.46. The van der Waals surface area contributed by atoms with Crippen LogP contribution >= 0.6 is 23.2 Å². The molecule has 0 aliphatic rings. The lowest BCUT2D eigenvalue weighted by Gasteiger charge is -2.06. The molecule has 1 aromatic carbocycles. The van der Waals surface area contributed by atoms with Gasteiger partial charge in [-0.05, 0) is 30.7 Å². The maximum atomic E-state index is 5.97. The normalized spacial score (nSPS) is 10.4. The number of hydrogen-bond acceptors (Lipinski definition) is 3. The van der Waals surface area contributed by atoms with E-state index in [2.05, 4.69) is 15.5 Å². The molecule has 0 amide bonds. The Balaban J connectivity index is 2.46. The van der Waals surface area contributed by atoms with Gasteiger partial charge in [-0.2, -0.15) is 0 Å². The average Bonchev–Trinajstić information content (AvgIpc) is 2.32. The van der Waals surface area contributed by atoms with Gasteiger partial charge < -0.3 is 5.32 Å². The fourth-order valence-electron chi connectivity index (χ4n) is 1.53. The molecule has 1 N–H and O–H groups in total. The Morgan fingerprint density at radius 1 is 1.06 bits per heavy atom. The molecule has 1 aromatic heterocycles. The van der Waals surface area contributed by atoms with E-state index < -0.39 is 0 Å². The van der Waals surface area contributed by atoms with E-state index in [1.807, 2.05) is 26.1 Å². The highest BCUT2D eigenvalue weighted by Gasteiger charge is 2.06. The Bertz CT molecular complexity index is 555. The maximum absolute atomic E-state index is 5.97. The summed E-state index contributed by atoms with van der Waals surface area (Å²) in [6.07, 6.45) is 0. The van der Waals surface area contributed by atoms with Crippen molar-refractivity contribution in [2.24, 2.45) is 0 Å². The van der Waals surface area contributed by atoms with Crippen molar-refractivity contribution in [2.75, 3.05) is 12.4 Å². The molecule has 88 valence electrons. The number of aryl methyl sites for hydroxylation is 1. The van der Waals surface area contributed by atoms with Gasteiger partial charge in [0.2, 0.25) is 0 Å². The van der Waals surface area contributed by atoms with Crippen LogP contribution in [-0.4, -0.2) is 17.2 Å². The van der Waals surface area contributed by atoms with Gasteiger partial charge in [-0.3, -0.25) is 0 Å². The number of nitrogens with zero attached hydrogens (tertiary/aromatic N) is 2. The fraction of sp³-hybridized carbons (Fsp3) is 0.167. The molecule has 0 saturated heterocycles. The van der Waals surface area contributed by atoms with Gasteiger partial charge in [0.25, 0.3) is 0 Å². The molecular formula is C12H11Cl2N3. The van der Waals surface area contributed by atoms with Crippen molar-refractivity contribution in [1.82, 2.24) is 10.2 Å². The van der Waals surface area contributed by atoms with Crippen LogP contribution in [0.25, 0.3) is 11.3 Å². The number of benzene rings is 1. The van der Waals surface area contributed by atoms with Crippen molar-refractivity contribution >= 4 is 29.0 Å². The van der Waals surface area contributed by atoms with Crippen molar-refractivity contribution in [1.29, 1.82) is 0 Å². The Kier molecular flexibility index (Phi) is 3.50. The second-order valence-corrected chi connectivity index (χ2v) is 4.45. The van der Waals surface area contributed by atoms with E-state index in [-0.39, 0.29) is 0 Å². The van der Waals surface area contributed by atoms with E-state index >= 15 is 0 Å². The van der Waals surface area contributed by atoms with Crippen molar-refractivity contribution < 1.29 is 0 Å². The van der Waals surface area contributed by atoms with Crippen molar-refractivity contribution in [3.63, 3.8) is 0 Å². The molecule has 2 rings (SSSR count). The van der Waals surface area contributed by atoms with Gasteiger partial charge in [0.15, 0.2) is 5.82 Å². The van der Waals surface area contributed by atoms with Gasteiger partial charge in [0, 0.05) is 12.6 Å². The third kappa shape index (κ3) is 2.51. The highest BCUT2D eigenvalue weighted by Crippen LogP contribution is 2.28. The van der Waals surface area contributed by atoms with Crippen LogP contribution in [-0.2, 0) is 0 Å². The van der Waals surface area contributed by atoms with Crippen molar-refractivity contribution in [2.45, 2.75) is 6.92 Å². The van der Waals surface area contributed by atoms with Crippen molar-refractivity contribution in [3.8, 4) is 11.3 Å². The molecule has 0 spiro atoms. The summed E-state index contributed by atoms with van der Waals surface area (Å²) in [4.78, 5) is 0. The molecule has 0 unspecified atom stereocenters. The van der Waals surface area contributed by atoms with Gasteiger partial charge in [-0.15, -0.1) is 10.2 Å². The number of rotatable bonds is 2. The van der Waals surface area contributed by atoms with Crippen LogP contribution in [0.3, 0.4) is 0 Å². The third-order valence-electron chi connectivity index (χ3n) is 2.44. The molecule has 0 aliphatic carbocycles. The molecule has 17 heavy (non-hydrogen) atoms. The van der Waals surface area contributed by atoms with Crippen molar-refractivity contribution in [3.05, 3.63) is 39.9 Å². The molecule has 0 aliphatic heterocycles. The van der Waals surface area contributed by atoms with Crippen LogP contribution in [0.4, 0.5) is 5.82 Å². The maximum Gasteiger partial charge on any atom is 0.151 e. The van der Waals surface area contributed by atoms with Crippen LogP contribution in [0.15, 0.2) is 24.3 Å². The summed E-state index contributed by atoms with van der Waals surface area (Å²) in [5.41, 5.74) is 2.71. The highest BCUT2D eigenvalue weighted by molar-refractivity contribution is 6.42. The van der Waals surface area contributed by atoms with E-state index in [1.54, 1.807) is 12.1 Å². The van der Waals surface area contributed by atoms with Crippen LogP contribution in [0, 0.1) is 6.92 Å². The molecule has 0 atom stereocenters. The number of aromatic nitrogens is 2. The summed E-state index contributed by atoms with van der Waals surface area (Å²) in [6.45, 7) is 1.97. The van der Waals surface area contributed by atoms with E-state index in [9.17, 15) is 0 Å².